The zero-order valence-electron chi connectivity index (χ0n) is 14.1. The van der Waals surface area contributed by atoms with E-state index in [1.807, 2.05) is 30.3 Å². The number of carbonyl (C=O) groups excluding carboxylic acids is 2. The van der Waals surface area contributed by atoms with Gasteiger partial charge in [0.2, 0.25) is 0 Å². The molecule has 0 spiro atoms. The molecule has 1 rings (SSSR count). The summed E-state index contributed by atoms with van der Waals surface area (Å²) in [6.45, 7) is 3.10. The molecule has 0 aromatic heterocycles. The summed E-state index contributed by atoms with van der Waals surface area (Å²) in [5.41, 5.74) is 0.969. The lowest BCUT2D eigenvalue weighted by Gasteiger charge is -2.16. The number of sulfone groups is 1. The average molecular weight is 357 g/mol. The lowest BCUT2D eigenvalue weighted by molar-refractivity contribution is -0.236. The highest BCUT2D eigenvalue weighted by atomic mass is 32.2. The fourth-order valence-electron chi connectivity index (χ4n) is 1.67. The van der Waals surface area contributed by atoms with E-state index in [0.717, 1.165) is 10.5 Å². The van der Waals surface area contributed by atoms with E-state index in [0.29, 0.717) is 6.42 Å². The van der Waals surface area contributed by atoms with Gasteiger partial charge >= 0.3 is 12.1 Å². The number of hydrogen-bond acceptors (Lipinski definition) is 6. The molecular formula is C16H23NO6S. The second-order valence-corrected chi connectivity index (χ2v) is 8.30. The number of rotatable bonds is 7. The van der Waals surface area contributed by atoms with Gasteiger partial charge < -0.3 is 4.90 Å². The van der Waals surface area contributed by atoms with Crippen molar-refractivity contribution < 1.29 is 27.8 Å². The van der Waals surface area contributed by atoms with Crippen molar-refractivity contribution in [3.63, 3.8) is 0 Å². The average Bonchev–Trinajstić information content (AvgIpc) is 2.56. The van der Waals surface area contributed by atoms with Crippen LogP contribution in [-0.4, -0.2) is 50.0 Å². The van der Waals surface area contributed by atoms with Crippen molar-refractivity contribution in [3.8, 4) is 0 Å². The van der Waals surface area contributed by atoms with E-state index < -0.39 is 27.1 Å². The maximum atomic E-state index is 11.7. The zero-order valence-corrected chi connectivity index (χ0v) is 14.9. The highest BCUT2D eigenvalue weighted by molar-refractivity contribution is 7.92. The molecular weight excluding hydrogens is 334 g/mol. The molecule has 134 valence electrons. The molecule has 8 heteroatoms. The molecule has 24 heavy (non-hydrogen) atoms. The summed E-state index contributed by atoms with van der Waals surface area (Å²) in [7, 11) is -1.88. The van der Waals surface area contributed by atoms with E-state index in [9.17, 15) is 18.0 Å². The predicted octanol–water partition coefficient (Wildman–Crippen LogP) is 1.97. The van der Waals surface area contributed by atoms with Gasteiger partial charge in [-0.15, -0.1) is 0 Å². The molecule has 0 atom stereocenters. The predicted molar refractivity (Wildman–Crippen MR) is 88.9 cm³/mol. The van der Waals surface area contributed by atoms with Gasteiger partial charge in [0.15, 0.2) is 9.84 Å². The van der Waals surface area contributed by atoms with Crippen molar-refractivity contribution in [1.29, 1.82) is 0 Å². The molecule has 0 aliphatic carbocycles. The summed E-state index contributed by atoms with van der Waals surface area (Å²) in [6, 6.07) is 9.35. The third-order valence-corrected chi connectivity index (χ3v) is 5.60. The molecule has 0 radical (unpaired) electrons. The van der Waals surface area contributed by atoms with Crippen LogP contribution in [0.5, 0.6) is 0 Å². The minimum atomic E-state index is -3.25. The van der Waals surface area contributed by atoms with Crippen LogP contribution in [0.25, 0.3) is 0 Å². The van der Waals surface area contributed by atoms with E-state index in [1.165, 1.54) is 7.05 Å². The van der Waals surface area contributed by atoms with Gasteiger partial charge in [0.25, 0.3) is 0 Å². The number of carbonyl (C=O) groups is 2. The van der Waals surface area contributed by atoms with E-state index in [4.69, 9.17) is 0 Å². The normalized spacial score (nSPS) is 11.2. The molecule has 0 saturated carbocycles. The van der Waals surface area contributed by atoms with Gasteiger partial charge in [-0.05, 0) is 25.8 Å². The van der Waals surface area contributed by atoms with Crippen LogP contribution in [-0.2, 0) is 30.8 Å². The van der Waals surface area contributed by atoms with E-state index in [-0.39, 0.29) is 18.7 Å². The van der Waals surface area contributed by atoms with Gasteiger partial charge in [-0.2, -0.15) is 0 Å². The first-order chi connectivity index (χ1) is 11.2. The van der Waals surface area contributed by atoms with Gasteiger partial charge in [0.1, 0.15) is 0 Å². The maximum absolute atomic E-state index is 11.7. The monoisotopic (exact) mass is 357 g/mol. The topological polar surface area (TPSA) is 90.0 Å². The first-order valence-electron chi connectivity index (χ1n) is 7.60. The molecule has 0 aliphatic heterocycles. The van der Waals surface area contributed by atoms with Crippen LogP contribution >= 0.6 is 0 Å². The second-order valence-electron chi connectivity index (χ2n) is 5.63. The molecule has 0 saturated heterocycles. The zero-order chi connectivity index (χ0) is 18.2. The van der Waals surface area contributed by atoms with Gasteiger partial charge in [-0.1, -0.05) is 30.3 Å². The van der Waals surface area contributed by atoms with Crippen molar-refractivity contribution in [2.45, 2.75) is 31.9 Å². The Morgan fingerprint density at radius 2 is 1.75 bits per heavy atom. The summed E-state index contributed by atoms with van der Waals surface area (Å²) in [6.07, 6.45) is -0.371. The highest BCUT2D eigenvalue weighted by Crippen LogP contribution is 2.05. The fraction of sp³-hybridized carbons (Fsp3) is 0.500. The Bertz CT molecular complexity index is 642. The van der Waals surface area contributed by atoms with E-state index in [2.05, 4.69) is 9.78 Å². The molecule has 7 nitrogen and oxygen atoms in total. The number of aryl methyl sites for hydroxylation is 1. The lowest BCUT2D eigenvalue weighted by Crippen LogP contribution is -2.34. The number of hydrogen-bond donors (Lipinski definition) is 0. The quantitative estimate of drug-likeness (QED) is 0.547. The largest absolute Gasteiger partial charge is 0.452 e. The van der Waals surface area contributed by atoms with Crippen LogP contribution in [0, 0.1) is 0 Å². The minimum Gasteiger partial charge on any atom is -0.307 e. The first-order valence-corrected chi connectivity index (χ1v) is 9.32. The first kappa shape index (κ1) is 20.0. The van der Waals surface area contributed by atoms with Crippen LogP contribution in [0.4, 0.5) is 4.79 Å². The Morgan fingerprint density at radius 1 is 1.12 bits per heavy atom. The van der Waals surface area contributed by atoms with Gasteiger partial charge in [0.05, 0.1) is 17.4 Å². The Morgan fingerprint density at radius 3 is 2.33 bits per heavy atom. The molecule has 1 aromatic rings. The third-order valence-electron chi connectivity index (χ3n) is 3.41. The Labute approximate surface area is 142 Å². The molecule has 0 aliphatic rings. The smallest absolute Gasteiger partial charge is 0.307 e. The summed E-state index contributed by atoms with van der Waals surface area (Å²) in [4.78, 5) is 33.1. The van der Waals surface area contributed by atoms with Crippen LogP contribution < -0.4 is 0 Å². The van der Waals surface area contributed by atoms with Gasteiger partial charge in [-0.25, -0.2) is 27.8 Å². The van der Waals surface area contributed by atoms with Crippen LogP contribution in [0.2, 0.25) is 0 Å². The molecule has 0 N–H and O–H groups in total. The minimum absolute atomic E-state index is 0.0408. The van der Waals surface area contributed by atoms with Crippen molar-refractivity contribution in [2.24, 2.45) is 0 Å². The van der Waals surface area contributed by atoms with Crippen molar-refractivity contribution in [2.75, 3.05) is 19.3 Å². The summed E-state index contributed by atoms with van der Waals surface area (Å²) in [5, 5.41) is -0.516. The molecule has 0 unspecified atom stereocenters. The Hall–Kier alpha value is -2.09. The van der Waals surface area contributed by atoms with Crippen molar-refractivity contribution >= 4 is 21.9 Å². The van der Waals surface area contributed by atoms with Crippen LogP contribution in [0.15, 0.2) is 30.3 Å². The molecule has 1 amide bonds. The second kappa shape index (κ2) is 9.27. The van der Waals surface area contributed by atoms with Crippen LogP contribution in [0.1, 0.15) is 25.8 Å². The van der Waals surface area contributed by atoms with Crippen LogP contribution in [0.3, 0.4) is 0 Å². The molecule has 0 fully saturated rings. The molecule has 1 aromatic carbocycles. The number of benzene rings is 1. The maximum Gasteiger partial charge on any atom is 0.452 e. The number of amides is 1. The summed E-state index contributed by atoms with van der Waals surface area (Å²) in [5.74, 6) is -0.853. The lowest BCUT2D eigenvalue weighted by atomic mass is 10.1. The molecule has 0 heterocycles. The Kier molecular flexibility index (Phi) is 7.70. The van der Waals surface area contributed by atoms with Gasteiger partial charge in [-0.3, -0.25) is 0 Å². The van der Waals surface area contributed by atoms with Crippen molar-refractivity contribution in [3.05, 3.63) is 35.9 Å². The standard InChI is InChI=1S/C16H23NO6S/c1-13(2)24(20,21)12-11-17(3)16(19)23-22-15(18)10-9-14-7-5-4-6-8-14/h4-8,13H,9-12H2,1-3H3. The summed E-state index contributed by atoms with van der Waals surface area (Å²) >= 11 is 0. The van der Waals surface area contributed by atoms with E-state index >= 15 is 0 Å². The third kappa shape index (κ3) is 6.99. The van der Waals surface area contributed by atoms with Gasteiger partial charge in [0, 0.05) is 13.6 Å². The SMILES string of the molecule is CC(C)S(=O)(=O)CCN(C)C(=O)OOC(=O)CCc1ccccc1. The summed E-state index contributed by atoms with van der Waals surface area (Å²) < 4.78 is 23.4. The Balaban J connectivity index is 2.30. The van der Waals surface area contributed by atoms with Crippen molar-refractivity contribution in [1.82, 2.24) is 4.90 Å². The fourth-order valence-corrected chi connectivity index (χ4v) is 2.67. The molecule has 0 bridgehead atoms. The highest BCUT2D eigenvalue weighted by Gasteiger charge is 2.20. The van der Waals surface area contributed by atoms with E-state index in [1.54, 1.807) is 13.8 Å². The number of nitrogens with zero attached hydrogens (tertiary/aromatic N) is 1.